The fourth-order valence-corrected chi connectivity index (χ4v) is 1.19. The maximum atomic E-state index is 11.3. The molecule has 20 heavy (non-hydrogen) atoms. The van der Waals surface area contributed by atoms with Crippen LogP contribution in [0.15, 0.2) is 12.2 Å². The van der Waals surface area contributed by atoms with E-state index >= 15 is 0 Å². The van der Waals surface area contributed by atoms with Gasteiger partial charge < -0.3 is 14.8 Å². The first kappa shape index (κ1) is 18.8. The van der Waals surface area contributed by atoms with Gasteiger partial charge in [-0.15, -0.1) is 0 Å². The number of carbonyl (C=O) groups excluding carboxylic acids is 2. The highest BCUT2D eigenvalue weighted by atomic mass is 16.5. The quantitative estimate of drug-likeness (QED) is 0.462. The zero-order valence-corrected chi connectivity index (χ0v) is 13.0. The van der Waals surface area contributed by atoms with Crippen LogP contribution in [0.1, 0.15) is 27.7 Å². The molecule has 5 nitrogen and oxygen atoms in total. The number of ketones is 1. The molecule has 0 rings (SSSR count). The Morgan fingerprint density at radius 3 is 2.25 bits per heavy atom. The molecule has 0 aliphatic rings. The van der Waals surface area contributed by atoms with Crippen molar-refractivity contribution in [3.63, 3.8) is 0 Å². The van der Waals surface area contributed by atoms with Crippen LogP contribution in [-0.2, 0) is 19.1 Å². The number of ether oxygens (including phenoxy) is 2. The molecule has 0 radical (unpaired) electrons. The fraction of sp³-hybridized carbons (Fsp3) is 0.733. The summed E-state index contributed by atoms with van der Waals surface area (Å²) in [5.74, 6) is 0.0974. The van der Waals surface area contributed by atoms with Crippen LogP contribution in [0.5, 0.6) is 0 Å². The molecule has 0 saturated carbocycles. The average Bonchev–Trinajstić information content (AvgIpc) is 2.38. The lowest BCUT2D eigenvalue weighted by molar-refractivity contribution is -0.119. The number of rotatable bonds is 11. The lowest BCUT2D eigenvalue weighted by atomic mass is 10.1. The number of nitrogens with one attached hydrogen (secondary N) is 1. The molecule has 0 unspecified atom stereocenters. The van der Waals surface area contributed by atoms with Gasteiger partial charge in [0.05, 0.1) is 19.8 Å². The van der Waals surface area contributed by atoms with Crippen LogP contribution < -0.4 is 5.32 Å². The first-order valence-electron chi connectivity index (χ1n) is 7.08. The van der Waals surface area contributed by atoms with E-state index < -0.39 is 0 Å². The largest absolute Gasteiger partial charge is 0.379 e. The van der Waals surface area contributed by atoms with Gasteiger partial charge in [0.1, 0.15) is 0 Å². The van der Waals surface area contributed by atoms with Gasteiger partial charge in [-0.05, 0) is 12.0 Å². The topological polar surface area (TPSA) is 64.6 Å². The highest BCUT2D eigenvalue weighted by Crippen LogP contribution is 1.94. The van der Waals surface area contributed by atoms with Crippen molar-refractivity contribution in [2.75, 3.05) is 33.0 Å². The van der Waals surface area contributed by atoms with Gasteiger partial charge in [0.25, 0.3) is 0 Å². The zero-order chi connectivity index (χ0) is 15.4. The molecule has 0 saturated heterocycles. The summed E-state index contributed by atoms with van der Waals surface area (Å²) in [6, 6.07) is 0. The normalized spacial score (nSPS) is 11.5. The molecular weight excluding hydrogens is 258 g/mol. The Morgan fingerprint density at radius 1 is 1.00 bits per heavy atom. The predicted octanol–water partition coefficient (Wildman–Crippen LogP) is 1.57. The molecule has 0 aromatic carbocycles. The number of hydrogen-bond donors (Lipinski definition) is 1. The van der Waals surface area contributed by atoms with Crippen molar-refractivity contribution >= 4 is 11.7 Å². The molecule has 0 aliphatic carbocycles. The van der Waals surface area contributed by atoms with Crippen molar-refractivity contribution in [1.29, 1.82) is 0 Å². The minimum atomic E-state index is -0.279. The van der Waals surface area contributed by atoms with Crippen molar-refractivity contribution in [2.45, 2.75) is 27.7 Å². The first-order valence-corrected chi connectivity index (χ1v) is 7.08. The maximum absolute atomic E-state index is 11.3. The summed E-state index contributed by atoms with van der Waals surface area (Å²) in [6.45, 7) is 10.4. The predicted molar refractivity (Wildman–Crippen MR) is 78.5 cm³/mol. The van der Waals surface area contributed by atoms with Crippen LogP contribution >= 0.6 is 0 Å². The van der Waals surface area contributed by atoms with Gasteiger partial charge in [0.2, 0.25) is 5.91 Å². The number of allylic oxidation sites excluding steroid dienone is 1. The van der Waals surface area contributed by atoms with Gasteiger partial charge >= 0.3 is 0 Å². The fourth-order valence-electron chi connectivity index (χ4n) is 1.19. The summed E-state index contributed by atoms with van der Waals surface area (Å²) in [5.41, 5.74) is 0. The molecule has 0 aliphatic heterocycles. The molecule has 0 atom stereocenters. The van der Waals surface area contributed by atoms with E-state index in [-0.39, 0.29) is 17.6 Å². The van der Waals surface area contributed by atoms with Gasteiger partial charge in [-0.3, -0.25) is 9.59 Å². The second-order valence-corrected chi connectivity index (χ2v) is 5.26. The van der Waals surface area contributed by atoms with E-state index in [1.165, 1.54) is 12.2 Å². The number of amides is 1. The second-order valence-electron chi connectivity index (χ2n) is 5.26. The third kappa shape index (κ3) is 11.9. The van der Waals surface area contributed by atoms with E-state index in [1.807, 2.05) is 0 Å². The monoisotopic (exact) mass is 285 g/mol. The standard InChI is InChI=1S/C15H27NO4/c1-12(2)11-20-10-9-19-8-7-16-15(18)6-5-14(17)13(3)4/h5-6,12-13H,7-11H2,1-4H3,(H,16,18)/b6-5+. The third-order valence-electron chi connectivity index (χ3n) is 2.34. The summed E-state index contributed by atoms with van der Waals surface area (Å²) in [4.78, 5) is 22.6. The zero-order valence-electron chi connectivity index (χ0n) is 13.0. The summed E-state index contributed by atoms with van der Waals surface area (Å²) in [7, 11) is 0. The first-order chi connectivity index (χ1) is 9.43. The summed E-state index contributed by atoms with van der Waals surface area (Å²) < 4.78 is 10.6. The molecule has 1 amide bonds. The summed E-state index contributed by atoms with van der Waals surface area (Å²) >= 11 is 0. The molecule has 1 N–H and O–H groups in total. The summed E-state index contributed by atoms with van der Waals surface area (Å²) in [6.07, 6.45) is 2.56. The highest BCUT2D eigenvalue weighted by molar-refractivity contribution is 5.98. The van der Waals surface area contributed by atoms with Gasteiger partial charge in [-0.1, -0.05) is 27.7 Å². The molecule has 0 aromatic rings. The van der Waals surface area contributed by atoms with Gasteiger partial charge in [0, 0.05) is 25.1 Å². The maximum Gasteiger partial charge on any atom is 0.244 e. The third-order valence-corrected chi connectivity index (χ3v) is 2.34. The van der Waals surface area contributed by atoms with Crippen molar-refractivity contribution in [3.05, 3.63) is 12.2 Å². The van der Waals surface area contributed by atoms with Crippen molar-refractivity contribution < 1.29 is 19.1 Å². The van der Waals surface area contributed by atoms with Crippen molar-refractivity contribution in [3.8, 4) is 0 Å². The highest BCUT2D eigenvalue weighted by Gasteiger charge is 2.03. The Morgan fingerprint density at radius 2 is 1.65 bits per heavy atom. The van der Waals surface area contributed by atoms with Crippen molar-refractivity contribution in [2.24, 2.45) is 11.8 Å². The molecule has 116 valence electrons. The van der Waals surface area contributed by atoms with Crippen LogP contribution in [0, 0.1) is 11.8 Å². The van der Waals surface area contributed by atoms with E-state index in [0.29, 0.717) is 32.3 Å². The Balaban J connectivity index is 3.47. The van der Waals surface area contributed by atoms with Gasteiger partial charge in [0.15, 0.2) is 5.78 Å². The minimum absolute atomic E-state index is 0.0568. The number of hydrogen-bond acceptors (Lipinski definition) is 4. The summed E-state index contributed by atoms with van der Waals surface area (Å²) in [5, 5.41) is 2.64. The van der Waals surface area contributed by atoms with Crippen molar-refractivity contribution in [1.82, 2.24) is 5.32 Å². The van der Waals surface area contributed by atoms with E-state index in [0.717, 1.165) is 6.61 Å². The Bertz CT molecular complexity index is 311. The van der Waals surface area contributed by atoms with E-state index in [4.69, 9.17) is 9.47 Å². The Kier molecular flexibility index (Phi) is 10.9. The molecular formula is C15H27NO4. The molecule has 5 heteroatoms. The lowest BCUT2D eigenvalue weighted by Crippen LogP contribution is -2.26. The van der Waals surface area contributed by atoms with E-state index in [2.05, 4.69) is 19.2 Å². The molecule has 0 fully saturated rings. The van der Waals surface area contributed by atoms with Crippen LogP contribution in [0.4, 0.5) is 0 Å². The Hall–Kier alpha value is -1.20. The minimum Gasteiger partial charge on any atom is -0.379 e. The van der Waals surface area contributed by atoms with Gasteiger partial charge in [-0.25, -0.2) is 0 Å². The van der Waals surface area contributed by atoms with Gasteiger partial charge in [-0.2, -0.15) is 0 Å². The van der Waals surface area contributed by atoms with E-state index in [1.54, 1.807) is 13.8 Å². The Labute approximate surface area is 121 Å². The molecule has 0 aromatic heterocycles. The van der Waals surface area contributed by atoms with Crippen LogP contribution in [0.25, 0.3) is 0 Å². The lowest BCUT2D eigenvalue weighted by Gasteiger charge is -2.07. The average molecular weight is 285 g/mol. The molecule has 0 heterocycles. The van der Waals surface area contributed by atoms with Crippen LogP contribution in [-0.4, -0.2) is 44.7 Å². The van der Waals surface area contributed by atoms with Crippen LogP contribution in [0.3, 0.4) is 0 Å². The number of carbonyl (C=O) groups is 2. The smallest absolute Gasteiger partial charge is 0.244 e. The second kappa shape index (κ2) is 11.6. The van der Waals surface area contributed by atoms with E-state index in [9.17, 15) is 9.59 Å². The SMILES string of the molecule is CC(C)COCCOCCNC(=O)/C=C/C(=O)C(C)C. The molecule has 0 spiro atoms. The molecule has 0 bridgehead atoms. The van der Waals surface area contributed by atoms with Crippen LogP contribution in [0.2, 0.25) is 0 Å².